The monoisotopic (exact) mass is 250 g/mol. The van der Waals surface area contributed by atoms with Gasteiger partial charge in [-0.3, -0.25) is 0 Å². The fraction of sp³-hybridized carbons (Fsp3) is 0.583. The van der Waals surface area contributed by atoms with Crippen molar-refractivity contribution >= 4 is 11.9 Å². The summed E-state index contributed by atoms with van der Waals surface area (Å²) in [5.41, 5.74) is 0.640. The summed E-state index contributed by atoms with van der Waals surface area (Å²) in [4.78, 5) is 21.3. The van der Waals surface area contributed by atoms with E-state index >= 15 is 0 Å². The summed E-state index contributed by atoms with van der Waals surface area (Å²) in [5, 5.41) is 12.0. The van der Waals surface area contributed by atoms with Gasteiger partial charge in [-0.15, -0.1) is 0 Å². The van der Waals surface area contributed by atoms with Crippen LogP contribution in [0, 0.1) is 6.92 Å². The molecule has 2 rings (SSSR count). The molecule has 6 nitrogen and oxygen atoms in total. The minimum absolute atomic E-state index is 0.153. The van der Waals surface area contributed by atoms with Crippen molar-refractivity contribution in [1.29, 1.82) is 0 Å². The molecule has 1 aliphatic rings. The minimum Gasteiger partial charge on any atom is -0.478 e. The van der Waals surface area contributed by atoms with Gasteiger partial charge >= 0.3 is 5.97 Å². The van der Waals surface area contributed by atoms with Gasteiger partial charge in [0.15, 0.2) is 0 Å². The Morgan fingerprint density at radius 3 is 2.83 bits per heavy atom. The van der Waals surface area contributed by atoms with E-state index in [2.05, 4.69) is 20.2 Å². The summed E-state index contributed by atoms with van der Waals surface area (Å²) >= 11 is 0. The third-order valence-corrected chi connectivity index (χ3v) is 3.12. The highest BCUT2D eigenvalue weighted by atomic mass is 16.4. The molecule has 0 radical (unpaired) electrons. The lowest BCUT2D eigenvalue weighted by molar-refractivity contribution is 0.0695. The highest BCUT2D eigenvalue weighted by molar-refractivity contribution is 5.88. The largest absolute Gasteiger partial charge is 0.478 e. The lowest BCUT2D eigenvalue weighted by Gasteiger charge is -2.14. The first-order valence-corrected chi connectivity index (χ1v) is 6.20. The second-order valence-electron chi connectivity index (χ2n) is 4.47. The first kappa shape index (κ1) is 12.8. The lowest BCUT2D eigenvalue weighted by atomic mass is 10.2. The number of carboxylic acids is 1. The van der Waals surface area contributed by atoms with Gasteiger partial charge in [-0.1, -0.05) is 0 Å². The Balaban J connectivity index is 1.85. The Hall–Kier alpha value is -1.69. The third kappa shape index (κ3) is 3.16. The smallest absolute Gasteiger partial charge is 0.339 e. The van der Waals surface area contributed by atoms with Gasteiger partial charge in [0.05, 0.1) is 11.3 Å². The van der Waals surface area contributed by atoms with Crippen LogP contribution in [-0.4, -0.2) is 52.1 Å². The van der Waals surface area contributed by atoms with Gasteiger partial charge < -0.3 is 15.3 Å². The van der Waals surface area contributed by atoms with Crippen molar-refractivity contribution in [2.24, 2.45) is 0 Å². The van der Waals surface area contributed by atoms with Crippen LogP contribution in [-0.2, 0) is 0 Å². The number of hydrogen-bond acceptors (Lipinski definition) is 5. The Bertz CT molecular complexity index is 430. The zero-order valence-corrected chi connectivity index (χ0v) is 10.5. The summed E-state index contributed by atoms with van der Waals surface area (Å²) in [5.74, 6) is -0.493. The molecule has 0 unspecified atom stereocenters. The summed E-state index contributed by atoms with van der Waals surface area (Å²) in [6.07, 6.45) is 3.91. The van der Waals surface area contributed by atoms with Gasteiger partial charge in [0.2, 0.25) is 5.95 Å². The molecule has 18 heavy (non-hydrogen) atoms. The summed E-state index contributed by atoms with van der Waals surface area (Å²) < 4.78 is 0. The average molecular weight is 250 g/mol. The SMILES string of the molecule is Cc1nc(NCCN2CCCC2)ncc1C(=O)O. The molecule has 1 aromatic heterocycles. The van der Waals surface area contributed by atoms with Crippen molar-refractivity contribution in [1.82, 2.24) is 14.9 Å². The number of aromatic nitrogens is 2. The van der Waals surface area contributed by atoms with Crippen molar-refractivity contribution in [3.63, 3.8) is 0 Å². The van der Waals surface area contributed by atoms with Gasteiger partial charge in [-0.25, -0.2) is 14.8 Å². The standard InChI is InChI=1S/C12H18N4O2/c1-9-10(11(17)18)8-14-12(15-9)13-4-7-16-5-2-3-6-16/h8H,2-7H2,1H3,(H,17,18)(H,13,14,15). The molecular formula is C12H18N4O2. The van der Waals surface area contributed by atoms with E-state index in [-0.39, 0.29) is 5.56 Å². The predicted octanol–water partition coefficient (Wildman–Crippen LogP) is 0.991. The van der Waals surface area contributed by atoms with E-state index in [0.717, 1.165) is 13.1 Å². The Morgan fingerprint density at radius 1 is 1.50 bits per heavy atom. The molecule has 0 atom stereocenters. The maximum atomic E-state index is 10.8. The topological polar surface area (TPSA) is 78.4 Å². The van der Waals surface area contributed by atoms with Crippen molar-refractivity contribution in [3.8, 4) is 0 Å². The molecule has 0 bridgehead atoms. The minimum atomic E-state index is -0.990. The molecule has 2 N–H and O–H groups in total. The molecule has 0 amide bonds. The van der Waals surface area contributed by atoms with E-state index in [9.17, 15) is 4.79 Å². The van der Waals surface area contributed by atoms with Gasteiger partial charge in [0, 0.05) is 19.3 Å². The second kappa shape index (κ2) is 5.77. The molecule has 6 heteroatoms. The molecule has 0 saturated carbocycles. The van der Waals surface area contributed by atoms with E-state index in [0.29, 0.717) is 11.6 Å². The maximum absolute atomic E-state index is 10.8. The number of hydrogen-bond donors (Lipinski definition) is 2. The fourth-order valence-electron chi connectivity index (χ4n) is 2.09. The van der Waals surface area contributed by atoms with E-state index in [1.807, 2.05) is 0 Å². The van der Waals surface area contributed by atoms with E-state index in [4.69, 9.17) is 5.11 Å². The highest BCUT2D eigenvalue weighted by Crippen LogP contribution is 2.08. The van der Waals surface area contributed by atoms with Crippen molar-refractivity contribution < 1.29 is 9.90 Å². The molecule has 0 spiro atoms. The number of likely N-dealkylation sites (tertiary alicyclic amines) is 1. The molecule has 1 fully saturated rings. The van der Waals surface area contributed by atoms with Crippen LogP contribution in [0.3, 0.4) is 0 Å². The van der Waals surface area contributed by atoms with Crippen molar-refractivity contribution in [3.05, 3.63) is 17.5 Å². The molecule has 1 saturated heterocycles. The number of nitrogens with zero attached hydrogens (tertiary/aromatic N) is 3. The molecule has 2 heterocycles. The van der Waals surface area contributed by atoms with Gasteiger partial charge in [-0.2, -0.15) is 0 Å². The Morgan fingerprint density at radius 2 is 2.22 bits per heavy atom. The number of aryl methyl sites for hydroxylation is 1. The first-order valence-electron chi connectivity index (χ1n) is 6.20. The number of carboxylic acid groups (broad SMARTS) is 1. The summed E-state index contributed by atoms with van der Waals surface area (Å²) in [6.45, 7) is 5.77. The zero-order valence-electron chi connectivity index (χ0n) is 10.5. The fourth-order valence-corrected chi connectivity index (χ4v) is 2.09. The van der Waals surface area contributed by atoms with Crippen LogP contribution in [0.2, 0.25) is 0 Å². The number of aromatic carboxylic acids is 1. The van der Waals surface area contributed by atoms with Gasteiger partial charge in [-0.05, 0) is 32.9 Å². The third-order valence-electron chi connectivity index (χ3n) is 3.12. The number of rotatable bonds is 5. The highest BCUT2D eigenvalue weighted by Gasteiger charge is 2.12. The average Bonchev–Trinajstić information content (AvgIpc) is 2.81. The molecule has 1 aromatic rings. The van der Waals surface area contributed by atoms with E-state index < -0.39 is 5.97 Å². The quantitative estimate of drug-likeness (QED) is 0.811. The lowest BCUT2D eigenvalue weighted by Crippen LogP contribution is -2.26. The predicted molar refractivity (Wildman–Crippen MR) is 67.9 cm³/mol. The Labute approximate surface area is 106 Å². The molecule has 0 aliphatic carbocycles. The first-order chi connectivity index (χ1) is 8.66. The molecule has 1 aliphatic heterocycles. The molecular weight excluding hydrogens is 232 g/mol. The van der Waals surface area contributed by atoms with E-state index in [1.165, 1.54) is 32.1 Å². The van der Waals surface area contributed by atoms with Crippen LogP contribution in [0.4, 0.5) is 5.95 Å². The zero-order chi connectivity index (χ0) is 13.0. The second-order valence-corrected chi connectivity index (χ2v) is 4.47. The number of carbonyl (C=O) groups is 1. The van der Waals surface area contributed by atoms with Crippen LogP contribution < -0.4 is 5.32 Å². The van der Waals surface area contributed by atoms with Gasteiger partial charge in [0.25, 0.3) is 0 Å². The van der Waals surface area contributed by atoms with Crippen LogP contribution in [0.5, 0.6) is 0 Å². The number of anilines is 1. The summed E-state index contributed by atoms with van der Waals surface area (Å²) in [7, 11) is 0. The van der Waals surface area contributed by atoms with E-state index in [1.54, 1.807) is 6.92 Å². The van der Waals surface area contributed by atoms with Crippen molar-refractivity contribution in [2.75, 3.05) is 31.5 Å². The normalized spacial score (nSPS) is 15.8. The molecule has 0 aromatic carbocycles. The number of nitrogens with one attached hydrogen (secondary N) is 1. The van der Waals surface area contributed by atoms with Gasteiger partial charge in [0.1, 0.15) is 0 Å². The Kier molecular flexibility index (Phi) is 4.09. The van der Waals surface area contributed by atoms with Crippen LogP contribution >= 0.6 is 0 Å². The molecule has 98 valence electrons. The van der Waals surface area contributed by atoms with Crippen molar-refractivity contribution in [2.45, 2.75) is 19.8 Å². The summed E-state index contributed by atoms with van der Waals surface area (Å²) in [6, 6.07) is 0. The van der Waals surface area contributed by atoms with Crippen LogP contribution in [0.15, 0.2) is 6.20 Å². The maximum Gasteiger partial charge on any atom is 0.339 e. The van der Waals surface area contributed by atoms with Crippen LogP contribution in [0.1, 0.15) is 28.9 Å². The van der Waals surface area contributed by atoms with Crippen LogP contribution in [0.25, 0.3) is 0 Å².